The third-order valence-electron chi connectivity index (χ3n) is 4.38. The summed E-state index contributed by atoms with van der Waals surface area (Å²) in [4.78, 5) is 12.0. The van der Waals surface area contributed by atoms with Crippen LogP contribution in [0.4, 0.5) is 0 Å². The maximum absolute atomic E-state index is 12.0. The fourth-order valence-electron chi connectivity index (χ4n) is 3.22. The Balaban J connectivity index is 0.00000144. The van der Waals surface area contributed by atoms with Crippen molar-refractivity contribution in [3.8, 4) is 0 Å². The first-order chi connectivity index (χ1) is 7.68. The summed E-state index contributed by atoms with van der Waals surface area (Å²) in [6.45, 7) is 2.15. The smallest absolute Gasteiger partial charge is 0.224 e. The van der Waals surface area contributed by atoms with Crippen LogP contribution in [0, 0.1) is 11.8 Å². The summed E-state index contributed by atoms with van der Waals surface area (Å²) >= 11 is 0. The lowest BCUT2D eigenvalue weighted by Gasteiger charge is -2.23. The molecule has 0 saturated heterocycles. The quantitative estimate of drug-likeness (QED) is 0.818. The lowest BCUT2D eigenvalue weighted by molar-refractivity contribution is -0.126. The van der Waals surface area contributed by atoms with E-state index in [0.717, 1.165) is 19.3 Å². The second kappa shape index (κ2) is 6.60. The second-order valence-electron chi connectivity index (χ2n) is 5.54. The van der Waals surface area contributed by atoms with Crippen LogP contribution >= 0.6 is 12.4 Å². The molecule has 2 aliphatic carbocycles. The number of nitrogens with one attached hydrogen (secondary N) is 1. The van der Waals surface area contributed by atoms with Crippen LogP contribution in [0.3, 0.4) is 0 Å². The van der Waals surface area contributed by atoms with Gasteiger partial charge in [0, 0.05) is 12.1 Å². The average molecular weight is 261 g/mol. The monoisotopic (exact) mass is 260 g/mol. The third-order valence-corrected chi connectivity index (χ3v) is 4.38. The van der Waals surface area contributed by atoms with Gasteiger partial charge in [-0.3, -0.25) is 4.79 Å². The zero-order valence-corrected chi connectivity index (χ0v) is 11.5. The van der Waals surface area contributed by atoms with E-state index < -0.39 is 0 Å². The Morgan fingerprint density at radius 3 is 2.35 bits per heavy atom. The Morgan fingerprint density at radius 2 is 1.82 bits per heavy atom. The van der Waals surface area contributed by atoms with Crippen molar-refractivity contribution in [1.82, 2.24) is 5.32 Å². The zero-order valence-electron chi connectivity index (χ0n) is 10.7. The van der Waals surface area contributed by atoms with Crippen LogP contribution in [0.2, 0.25) is 0 Å². The third kappa shape index (κ3) is 3.59. The van der Waals surface area contributed by atoms with Gasteiger partial charge in [-0.25, -0.2) is 0 Å². The molecule has 0 radical (unpaired) electrons. The molecular formula is C13H25ClN2O. The number of hydrogen-bond donors (Lipinski definition) is 2. The van der Waals surface area contributed by atoms with Crippen LogP contribution < -0.4 is 11.1 Å². The van der Waals surface area contributed by atoms with Gasteiger partial charge in [-0.15, -0.1) is 12.4 Å². The van der Waals surface area contributed by atoms with Crippen molar-refractivity contribution < 1.29 is 4.79 Å². The van der Waals surface area contributed by atoms with Gasteiger partial charge in [0.05, 0.1) is 5.92 Å². The van der Waals surface area contributed by atoms with Crippen molar-refractivity contribution in [3.05, 3.63) is 0 Å². The minimum atomic E-state index is 0. The molecule has 0 bridgehead atoms. The van der Waals surface area contributed by atoms with Gasteiger partial charge in [-0.1, -0.05) is 19.3 Å². The molecule has 100 valence electrons. The van der Waals surface area contributed by atoms with Crippen molar-refractivity contribution in [3.63, 3.8) is 0 Å². The fourth-order valence-corrected chi connectivity index (χ4v) is 3.22. The number of nitrogens with two attached hydrogens (primary N) is 1. The lowest BCUT2D eigenvalue weighted by atomic mass is 9.97. The highest BCUT2D eigenvalue weighted by Crippen LogP contribution is 2.29. The van der Waals surface area contributed by atoms with E-state index in [2.05, 4.69) is 12.2 Å². The maximum Gasteiger partial charge on any atom is 0.224 e. The average Bonchev–Trinajstić information content (AvgIpc) is 2.86. The standard InChI is InChI=1S/C13H24N2O.ClH/c1-9(10-5-2-3-6-10)15-13(16)11-7-4-8-12(11)14;/h9-12H,2-8,14H2,1H3,(H,15,16);1H. The highest BCUT2D eigenvalue weighted by Gasteiger charge is 2.32. The minimum Gasteiger partial charge on any atom is -0.353 e. The van der Waals surface area contributed by atoms with Gasteiger partial charge in [0.2, 0.25) is 5.91 Å². The molecule has 2 saturated carbocycles. The number of hydrogen-bond acceptors (Lipinski definition) is 2. The summed E-state index contributed by atoms with van der Waals surface area (Å²) in [5.74, 6) is 0.967. The highest BCUT2D eigenvalue weighted by molar-refractivity contribution is 5.85. The van der Waals surface area contributed by atoms with Crippen LogP contribution in [0.1, 0.15) is 51.9 Å². The summed E-state index contributed by atoms with van der Waals surface area (Å²) in [6, 6.07) is 0.429. The van der Waals surface area contributed by atoms with E-state index in [0.29, 0.717) is 12.0 Å². The van der Waals surface area contributed by atoms with Crippen molar-refractivity contribution in [2.75, 3.05) is 0 Å². The molecule has 0 heterocycles. The summed E-state index contributed by atoms with van der Waals surface area (Å²) < 4.78 is 0. The number of halogens is 1. The van der Waals surface area contributed by atoms with E-state index in [-0.39, 0.29) is 30.3 Å². The van der Waals surface area contributed by atoms with Gasteiger partial charge in [-0.2, -0.15) is 0 Å². The summed E-state index contributed by atoms with van der Waals surface area (Å²) in [6.07, 6.45) is 8.30. The Hall–Kier alpha value is -0.280. The van der Waals surface area contributed by atoms with E-state index in [1.54, 1.807) is 0 Å². The molecule has 2 fully saturated rings. The van der Waals surface area contributed by atoms with Gasteiger partial charge >= 0.3 is 0 Å². The first-order valence-corrected chi connectivity index (χ1v) is 6.74. The molecule has 3 atom stereocenters. The van der Waals surface area contributed by atoms with Gasteiger partial charge in [0.1, 0.15) is 0 Å². The van der Waals surface area contributed by atoms with Crippen molar-refractivity contribution in [1.29, 1.82) is 0 Å². The van der Waals surface area contributed by atoms with Crippen LogP contribution in [-0.4, -0.2) is 18.0 Å². The molecule has 0 aliphatic heterocycles. The molecule has 3 N–H and O–H groups in total. The van der Waals surface area contributed by atoms with Crippen molar-refractivity contribution in [2.24, 2.45) is 17.6 Å². The molecule has 0 spiro atoms. The number of carbonyl (C=O) groups is 1. The topological polar surface area (TPSA) is 55.1 Å². The van der Waals surface area contributed by atoms with E-state index in [4.69, 9.17) is 5.73 Å². The normalized spacial score (nSPS) is 30.9. The van der Waals surface area contributed by atoms with E-state index in [9.17, 15) is 4.79 Å². The summed E-state index contributed by atoms with van der Waals surface area (Å²) in [5.41, 5.74) is 5.95. The van der Waals surface area contributed by atoms with Crippen LogP contribution in [0.5, 0.6) is 0 Å². The predicted molar refractivity (Wildman–Crippen MR) is 72.1 cm³/mol. The first-order valence-electron chi connectivity index (χ1n) is 6.74. The Kier molecular flexibility index (Phi) is 5.74. The Bertz CT molecular complexity index is 254. The van der Waals surface area contributed by atoms with Gasteiger partial charge in [0.15, 0.2) is 0 Å². The molecule has 3 nitrogen and oxygen atoms in total. The molecule has 2 rings (SSSR count). The van der Waals surface area contributed by atoms with Crippen LogP contribution in [-0.2, 0) is 4.79 Å². The van der Waals surface area contributed by atoms with Crippen molar-refractivity contribution >= 4 is 18.3 Å². The highest BCUT2D eigenvalue weighted by atomic mass is 35.5. The van der Waals surface area contributed by atoms with Gasteiger partial charge < -0.3 is 11.1 Å². The number of rotatable bonds is 3. The molecule has 3 unspecified atom stereocenters. The fraction of sp³-hybridized carbons (Fsp3) is 0.923. The molecule has 0 aromatic rings. The predicted octanol–water partition coefficient (Wildman–Crippen LogP) is 2.23. The van der Waals surface area contributed by atoms with Crippen molar-refractivity contribution in [2.45, 2.75) is 64.0 Å². The minimum absolute atomic E-state index is 0. The number of amides is 1. The SMILES string of the molecule is CC(NC(=O)C1CCCC1N)C1CCCC1.Cl. The number of carbonyl (C=O) groups excluding carboxylic acids is 1. The molecule has 17 heavy (non-hydrogen) atoms. The van der Waals surface area contributed by atoms with E-state index in [1.807, 2.05) is 0 Å². The lowest BCUT2D eigenvalue weighted by Crippen LogP contribution is -2.44. The summed E-state index contributed by atoms with van der Waals surface area (Å²) in [5, 5.41) is 3.18. The maximum atomic E-state index is 12.0. The molecule has 4 heteroatoms. The molecule has 0 aromatic heterocycles. The van der Waals surface area contributed by atoms with Gasteiger partial charge in [0.25, 0.3) is 0 Å². The molecule has 2 aliphatic rings. The van der Waals surface area contributed by atoms with E-state index >= 15 is 0 Å². The Morgan fingerprint density at radius 1 is 1.18 bits per heavy atom. The Labute approximate surface area is 110 Å². The largest absolute Gasteiger partial charge is 0.353 e. The molecular weight excluding hydrogens is 236 g/mol. The first kappa shape index (κ1) is 14.8. The molecule has 0 aromatic carbocycles. The van der Waals surface area contributed by atoms with Crippen LogP contribution in [0.25, 0.3) is 0 Å². The van der Waals surface area contributed by atoms with Crippen LogP contribution in [0.15, 0.2) is 0 Å². The molecule has 1 amide bonds. The van der Waals surface area contributed by atoms with E-state index in [1.165, 1.54) is 25.7 Å². The second-order valence-corrected chi connectivity index (χ2v) is 5.54. The summed E-state index contributed by atoms with van der Waals surface area (Å²) in [7, 11) is 0. The zero-order chi connectivity index (χ0) is 11.5. The van der Waals surface area contributed by atoms with Gasteiger partial charge in [-0.05, 0) is 38.5 Å².